The smallest absolute Gasteiger partial charge is 0.293 e. The molecule has 0 spiro atoms. The molecule has 2 aliphatic rings. The van der Waals surface area contributed by atoms with Crippen molar-refractivity contribution in [2.75, 3.05) is 19.9 Å². The lowest BCUT2D eigenvalue weighted by Gasteiger charge is -2.12. The van der Waals surface area contributed by atoms with E-state index in [1.165, 1.54) is 0 Å². The number of hydrogen-bond acceptors (Lipinski definition) is 8. The van der Waals surface area contributed by atoms with Crippen LogP contribution in [0.15, 0.2) is 47.4 Å². The quantitative estimate of drug-likeness (QED) is 0.468. The van der Waals surface area contributed by atoms with Gasteiger partial charge in [-0.3, -0.25) is 19.3 Å². The normalized spacial score (nSPS) is 16.1. The molecule has 0 unspecified atom stereocenters. The number of carbonyl (C=O) groups is 3. The van der Waals surface area contributed by atoms with E-state index in [0.717, 1.165) is 43.9 Å². The number of para-hydroxylation sites is 1. The number of nitrogens with zero attached hydrogens (tertiary/aromatic N) is 2. The predicted octanol–water partition coefficient (Wildman–Crippen LogP) is 4.20. The first kappa shape index (κ1) is 22.4. The van der Waals surface area contributed by atoms with Crippen molar-refractivity contribution in [3.8, 4) is 11.5 Å². The van der Waals surface area contributed by atoms with Crippen LogP contribution in [-0.2, 0) is 16.0 Å². The molecule has 3 heterocycles. The van der Waals surface area contributed by atoms with Crippen LogP contribution in [0.3, 0.4) is 0 Å². The first-order valence-electron chi connectivity index (χ1n) is 10.8. The topological polar surface area (TPSA) is 97.8 Å². The van der Waals surface area contributed by atoms with Crippen LogP contribution in [0.4, 0.5) is 4.79 Å². The number of nitrogens with one attached hydrogen (secondary N) is 1. The summed E-state index contributed by atoms with van der Waals surface area (Å²) in [7, 11) is 0. The molecule has 0 atom stereocenters. The summed E-state index contributed by atoms with van der Waals surface area (Å²) in [5.41, 5.74) is 1.73. The maximum absolute atomic E-state index is 12.7. The van der Waals surface area contributed by atoms with Crippen molar-refractivity contribution in [1.82, 2.24) is 15.2 Å². The molecule has 8 nitrogen and oxygen atoms in total. The molecule has 0 radical (unpaired) electrons. The number of thiazole rings is 1. The Bertz CT molecular complexity index is 1270. The third-order valence-electron chi connectivity index (χ3n) is 5.36. The number of hydrogen-bond donors (Lipinski definition) is 1. The molecular formula is C24H21N3O5S2. The van der Waals surface area contributed by atoms with E-state index in [1.54, 1.807) is 35.6 Å². The Morgan fingerprint density at radius 3 is 2.88 bits per heavy atom. The SMILES string of the molecule is O=C(CCCc1nc2ccccc2s1)NCCN1C(=O)S/C(=C/c2ccc3c(c2)OCO3)C1=O. The van der Waals surface area contributed by atoms with Gasteiger partial charge in [0.05, 0.1) is 20.1 Å². The number of aryl methyl sites for hydroxylation is 1. The van der Waals surface area contributed by atoms with Crippen molar-refractivity contribution in [3.63, 3.8) is 0 Å². The van der Waals surface area contributed by atoms with Gasteiger partial charge in [0.1, 0.15) is 0 Å². The molecule has 34 heavy (non-hydrogen) atoms. The Labute approximate surface area is 203 Å². The molecule has 0 aliphatic carbocycles. The summed E-state index contributed by atoms with van der Waals surface area (Å²) >= 11 is 2.54. The average molecular weight is 496 g/mol. The monoisotopic (exact) mass is 495 g/mol. The number of aromatic nitrogens is 1. The molecule has 2 aliphatic heterocycles. The predicted molar refractivity (Wildman–Crippen MR) is 131 cm³/mol. The van der Waals surface area contributed by atoms with E-state index in [2.05, 4.69) is 10.3 Å². The first-order valence-corrected chi connectivity index (χ1v) is 12.5. The largest absolute Gasteiger partial charge is 0.454 e. The molecule has 2 aromatic carbocycles. The van der Waals surface area contributed by atoms with E-state index in [-0.39, 0.29) is 36.9 Å². The van der Waals surface area contributed by atoms with Crippen molar-refractivity contribution in [3.05, 3.63) is 57.9 Å². The van der Waals surface area contributed by atoms with Gasteiger partial charge in [-0.2, -0.15) is 0 Å². The molecule has 0 saturated carbocycles. The van der Waals surface area contributed by atoms with Gasteiger partial charge < -0.3 is 14.8 Å². The lowest BCUT2D eigenvalue weighted by atomic mass is 10.2. The van der Waals surface area contributed by atoms with Gasteiger partial charge in [0.2, 0.25) is 12.7 Å². The number of benzene rings is 2. The molecule has 0 bridgehead atoms. The van der Waals surface area contributed by atoms with E-state index in [9.17, 15) is 14.4 Å². The zero-order chi connectivity index (χ0) is 23.5. The maximum Gasteiger partial charge on any atom is 0.293 e. The van der Waals surface area contributed by atoms with Crippen LogP contribution in [0.25, 0.3) is 16.3 Å². The van der Waals surface area contributed by atoms with Crippen molar-refractivity contribution in [2.24, 2.45) is 0 Å². The van der Waals surface area contributed by atoms with Crippen LogP contribution < -0.4 is 14.8 Å². The highest BCUT2D eigenvalue weighted by atomic mass is 32.2. The maximum atomic E-state index is 12.7. The van der Waals surface area contributed by atoms with E-state index < -0.39 is 0 Å². The van der Waals surface area contributed by atoms with Gasteiger partial charge >= 0.3 is 0 Å². The van der Waals surface area contributed by atoms with Crippen LogP contribution >= 0.6 is 23.1 Å². The molecule has 1 fully saturated rings. The van der Waals surface area contributed by atoms with Crippen molar-refractivity contribution >= 4 is 56.4 Å². The highest BCUT2D eigenvalue weighted by Gasteiger charge is 2.34. The Morgan fingerprint density at radius 1 is 1.15 bits per heavy atom. The Morgan fingerprint density at radius 2 is 2.00 bits per heavy atom. The summed E-state index contributed by atoms with van der Waals surface area (Å²) in [6.45, 7) is 0.519. The Balaban J connectivity index is 1.08. The van der Waals surface area contributed by atoms with Crippen LogP contribution in [-0.4, -0.2) is 46.8 Å². The summed E-state index contributed by atoms with van der Waals surface area (Å²) in [6.07, 6.45) is 3.45. The highest BCUT2D eigenvalue weighted by Crippen LogP contribution is 2.36. The lowest BCUT2D eigenvalue weighted by molar-refractivity contribution is -0.124. The van der Waals surface area contributed by atoms with Crippen molar-refractivity contribution < 1.29 is 23.9 Å². The second kappa shape index (κ2) is 9.86. The fraction of sp³-hybridized carbons (Fsp3) is 0.250. The van der Waals surface area contributed by atoms with Crippen molar-refractivity contribution in [2.45, 2.75) is 19.3 Å². The lowest BCUT2D eigenvalue weighted by Crippen LogP contribution is -2.37. The number of amides is 3. The van der Waals surface area contributed by atoms with Gasteiger partial charge in [-0.05, 0) is 60.5 Å². The number of ether oxygens (including phenoxy) is 2. The fourth-order valence-corrected chi connectivity index (χ4v) is 5.54. The molecule has 5 rings (SSSR count). The van der Waals surface area contributed by atoms with Crippen molar-refractivity contribution in [1.29, 1.82) is 0 Å². The highest BCUT2D eigenvalue weighted by molar-refractivity contribution is 8.18. The zero-order valence-electron chi connectivity index (χ0n) is 18.1. The molecule has 174 valence electrons. The number of fused-ring (bicyclic) bond motifs is 2. The number of imide groups is 1. The average Bonchev–Trinajstić information content (AvgIpc) is 3.52. The van der Waals surface area contributed by atoms with Gasteiger partial charge in [0.15, 0.2) is 11.5 Å². The first-order chi connectivity index (χ1) is 16.6. The van der Waals surface area contributed by atoms with Crippen LogP contribution in [0.5, 0.6) is 11.5 Å². The van der Waals surface area contributed by atoms with Crippen LogP contribution in [0, 0.1) is 0 Å². The Hall–Kier alpha value is -3.37. The number of rotatable bonds is 8. The van der Waals surface area contributed by atoms with Crippen LogP contribution in [0.2, 0.25) is 0 Å². The van der Waals surface area contributed by atoms with Gasteiger partial charge in [-0.1, -0.05) is 18.2 Å². The molecular weight excluding hydrogens is 474 g/mol. The van der Waals surface area contributed by atoms with Gasteiger partial charge in [-0.15, -0.1) is 11.3 Å². The molecule has 1 saturated heterocycles. The molecule has 3 aromatic rings. The summed E-state index contributed by atoms with van der Waals surface area (Å²) < 4.78 is 11.8. The minimum Gasteiger partial charge on any atom is -0.454 e. The van der Waals surface area contributed by atoms with E-state index in [1.807, 2.05) is 24.3 Å². The molecule has 1 aromatic heterocycles. The minimum atomic E-state index is -0.363. The summed E-state index contributed by atoms with van der Waals surface area (Å²) in [5.74, 6) is 0.793. The molecule has 3 amide bonds. The van der Waals surface area contributed by atoms with E-state index in [4.69, 9.17) is 9.47 Å². The fourth-order valence-electron chi connectivity index (χ4n) is 3.67. The van der Waals surface area contributed by atoms with Crippen LogP contribution in [0.1, 0.15) is 23.4 Å². The molecule has 10 heteroatoms. The minimum absolute atomic E-state index is 0.107. The molecule has 1 N–H and O–H groups in total. The number of carbonyl (C=O) groups excluding carboxylic acids is 3. The van der Waals surface area contributed by atoms with Gasteiger partial charge in [-0.25, -0.2) is 4.98 Å². The standard InChI is InChI=1S/C24H21N3O5S2/c28-21(6-3-7-22-26-16-4-1-2-5-19(16)33-22)25-10-11-27-23(29)20(34-24(27)30)13-15-8-9-17-18(12-15)32-14-31-17/h1-2,4-5,8-9,12-13H,3,6-7,10-11,14H2,(H,25,28)/b20-13+. The summed E-state index contributed by atoms with van der Waals surface area (Å²) in [5, 5.41) is 3.46. The second-order valence-corrected chi connectivity index (χ2v) is 9.83. The zero-order valence-corrected chi connectivity index (χ0v) is 19.7. The number of thioether (sulfide) groups is 1. The van der Waals surface area contributed by atoms with E-state index >= 15 is 0 Å². The second-order valence-electron chi connectivity index (χ2n) is 7.72. The summed E-state index contributed by atoms with van der Waals surface area (Å²) in [4.78, 5) is 43.3. The van der Waals surface area contributed by atoms with Gasteiger partial charge in [0.25, 0.3) is 11.1 Å². The third kappa shape index (κ3) is 4.92. The van der Waals surface area contributed by atoms with E-state index in [0.29, 0.717) is 29.2 Å². The third-order valence-corrected chi connectivity index (χ3v) is 7.36. The Kier molecular flexibility index (Phi) is 6.50. The summed E-state index contributed by atoms with van der Waals surface area (Å²) in [6, 6.07) is 13.3. The van der Waals surface area contributed by atoms with Gasteiger partial charge in [0, 0.05) is 19.5 Å².